The molecular formula is C33H56O5. The third-order valence-corrected chi connectivity index (χ3v) is 13.8. The van der Waals surface area contributed by atoms with Gasteiger partial charge in [-0.3, -0.25) is 0 Å². The van der Waals surface area contributed by atoms with Crippen LogP contribution < -0.4 is 0 Å². The van der Waals surface area contributed by atoms with E-state index in [9.17, 15) is 10.2 Å². The molecule has 11 unspecified atom stereocenters. The molecule has 6 fully saturated rings. The quantitative estimate of drug-likeness (QED) is 0.319. The van der Waals surface area contributed by atoms with Crippen LogP contribution >= 0.6 is 0 Å². The highest BCUT2D eigenvalue weighted by atomic mass is 16.7. The second kappa shape index (κ2) is 8.90. The summed E-state index contributed by atoms with van der Waals surface area (Å²) in [5.74, 6) is 5.13. The fourth-order valence-corrected chi connectivity index (χ4v) is 10.9. The molecular weight excluding hydrogens is 476 g/mol. The standard InChI is InChI=1S/C33H56O5/c1-17(2)13-32(9,18(3)4)19(5)36-26-23-12-24-27(26)37-28(34)33(24,16-23)29(35)38-30(6,7)31(8)14-21-10-20-11-22(15-31)25(20)21/h17-29,34-35H,10-16H2,1-9H3. The molecule has 38 heavy (non-hydrogen) atoms. The summed E-state index contributed by atoms with van der Waals surface area (Å²) in [7, 11) is 0. The molecule has 218 valence electrons. The summed E-state index contributed by atoms with van der Waals surface area (Å²) in [5.41, 5.74) is -1.10. The van der Waals surface area contributed by atoms with Gasteiger partial charge in [0.1, 0.15) is 0 Å². The third-order valence-electron chi connectivity index (χ3n) is 13.8. The highest BCUT2D eigenvalue weighted by Gasteiger charge is 2.73. The van der Waals surface area contributed by atoms with E-state index >= 15 is 0 Å². The van der Waals surface area contributed by atoms with Crippen LogP contribution in [0.1, 0.15) is 107 Å². The van der Waals surface area contributed by atoms with Gasteiger partial charge in [-0.1, -0.05) is 41.5 Å². The van der Waals surface area contributed by atoms with Crippen molar-refractivity contribution in [3.8, 4) is 0 Å². The predicted octanol–water partition coefficient (Wildman–Crippen LogP) is 6.40. The summed E-state index contributed by atoms with van der Waals surface area (Å²) in [6.07, 6.45) is 5.81. The highest BCUT2D eigenvalue weighted by Crippen LogP contribution is 2.70. The first kappa shape index (κ1) is 27.9. The molecule has 2 N–H and O–H groups in total. The topological polar surface area (TPSA) is 68.2 Å². The molecule has 5 heteroatoms. The van der Waals surface area contributed by atoms with Crippen LogP contribution in [0.5, 0.6) is 0 Å². The van der Waals surface area contributed by atoms with E-state index in [1.165, 1.54) is 25.7 Å². The minimum absolute atomic E-state index is 0.0244. The van der Waals surface area contributed by atoms with Crippen molar-refractivity contribution in [3.63, 3.8) is 0 Å². The second-order valence-corrected chi connectivity index (χ2v) is 16.7. The molecule has 11 atom stereocenters. The molecule has 6 aliphatic rings. The maximum atomic E-state index is 11.8. The van der Waals surface area contributed by atoms with Gasteiger partial charge in [0.2, 0.25) is 0 Å². The lowest BCUT2D eigenvalue weighted by atomic mass is 9.39. The van der Waals surface area contributed by atoms with Crippen LogP contribution in [-0.2, 0) is 14.2 Å². The largest absolute Gasteiger partial charge is 0.372 e. The lowest BCUT2D eigenvalue weighted by Crippen LogP contribution is -2.62. The molecule has 1 aliphatic heterocycles. The van der Waals surface area contributed by atoms with Crippen molar-refractivity contribution in [1.82, 2.24) is 0 Å². The lowest BCUT2D eigenvalue weighted by Gasteiger charge is -2.67. The first-order chi connectivity index (χ1) is 17.6. The molecule has 6 rings (SSSR count). The Balaban J connectivity index is 1.16. The average molecular weight is 533 g/mol. The zero-order valence-electron chi connectivity index (χ0n) is 25.6. The summed E-state index contributed by atoms with van der Waals surface area (Å²) in [5, 5.41) is 23.1. The van der Waals surface area contributed by atoms with Gasteiger partial charge in [-0.05, 0) is 118 Å². The van der Waals surface area contributed by atoms with Gasteiger partial charge in [-0.25, -0.2) is 0 Å². The number of hydrogen-bond donors (Lipinski definition) is 2. The summed E-state index contributed by atoms with van der Waals surface area (Å²) >= 11 is 0. The Kier molecular flexibility index (Phi) is 6.54. The summed E-state index contributed by atoms with van der Waals surface area (Å²) in [6, 6.07) is 0. The molecule has 0 amide bonds. The molecule has 5 aliphatic carbocycles. The fraction of sp³-hybridized carbons (Fsp3) is 1.00. The van der Waals surface area contributed by atoms with Crippen LogP contribution in [0.15, 0.2) is 0 Å². The lowest BCUT2D eigenvalue weighted by molar-refractivity contribution is -0.304. The van der Waals surface area contributed by atoms with Gasteiger partial charge in [0, 0.05) is 5.92 Å². The van der Waals surface area contributed by atoms with E-state index in [2.05, 4.69) is 62.3 Å². The molecule has 0 aromatic carbocycles. The van der Waals surface area contributed by atoms with E-state index in [0.717, 1.165) is 36.5 Å². The van der Waals surface area contributed by atoms with Crippen LogP contribution in [0.25, 0.3) is 0 Å². The number of fused-ring (bicyclic) bond motifs is 1. The van der Waals surface area contributed by atoms with E-state index in [1.807, 2.05) is 0 Å². The first-order valence-electron chi connectivity index (χ1n) is 16.0. The molecule has 5 saturated carbocycles. The number of aliphatic hydroxyl groups is 2. The Bertz CT molecular complexity index is 899. The molecule has 0 spiro atoms. The number of hydrogen-bond acceptors (Lipinski definition) is 5. The van der Waals surface area contributed by atoms with Gasteiger partial charge >= 0.3 is 0 Å². The number of aliphatic hydroxyl groups excluding tert-OH is 2. The SMILES string of the molecule is CC(C)CC(C)(C(C)C)C(C)OC1C2CC3C1OC(O)C3(C(O)OC(C)(C)C1(C)CC3CC4CC(C1)C43)C2. The zero-order valence-corrected chi connectivity index (χ0v) is 25.6. The molecule has 5 nitrogen and oxygen atoms in total. The maximum absolute atomic E-state index is 11.8. The summed E-state index contributed by atoms with van der Waals surface area (Å²) in [6.45, 7) is 20.5. The minimum atomic E-state index is -1.03. The Hall–Kier alpha value is -0.200. The van der Waals surface area contributed by atoms with Crippen molar-refractivity contribution in [1.29, 1.82) is 0 Å². The van der Waals surface area contributed by atoms with Gasteiger partial charge in [0.15, 0.2) is 12.6 Å². The smallest absolute Gasteiger partial charge is 0.166 e. The van der Waals surface area contributed by atoms with Gasteiger partial charge in [0.05, 0.1) is 29.3 Å². The van der Waals surface area contributed by atoms with E-state index < -0.39 is 23.6 Å². The Morgan fingerprint density at radius 1 is 0.921 bits per heavy atom. The fourth-order valence-electron chi connectivity index (χ4n) is 10.9. The third kappa shape index (κ3) is 3.73. The van der Waals surface area contributed by atoms with Crippen molar-refractivity contribution in [2.75, 3.05) is 0 Å². The number of ether oxygens (including phenoxy) is 3. The van der Waals surface area contributed by atoms with Crippen molar-refractivity contribution < 1.29 is 24.4 Å². The van der Waals surface area contributed by atoms with Crippen LogP contribution in [0.3, 0.4) is 0 Å². The van der Waals surface area contributed by atoms with Crippen LogP contribution in [-0.4, -0.2) is 46.7 Å². The molecule has 1 heterocycles. The van der Waals surface area contributed by atoms with Crippen LogP contribution in [0.2, 0.25) is 0 Å². The highest BCUT2D eigenvalue weighted by molar-refractivity contribution is 5.17. The predicted molar refractivity (Wildman–Crippen MR) is 148 cm³/mol. The summed E-state index contributed by atoms with van der Waals surface area (Å²) in [4.78, 5) is 0. The molecule has 0 aromatic rings. The van der Waals surface area contributed by atoms with Gasteiger partial charge in [0.25, 0.3) is 0 Å². The Morgan fingerprint density at radius 3 is 2.11 bits per heavy atom. The maximum Gasteiger partial charge on any atom is 0.166 e. The molecule has 0 aromatic heterocycles. The van der Waals surface area contributed by atoms with E-state index in [0.29, 0.717) is 18.3 Å². The minimum Gasteiger partial charge on any atom is -0.372 e. The number of rotatable bonds is 10. The van der Waals surface area contributed by atoms with Crippen molar-refractivity contribution in [2.45, 2.75) is 144 Å². The van der Waals surface area contributed by atoms with E-state index in [4.69, 9.17) is 14.2 Å². The van der Waals surface area contributed by atoms with Crippen molar-refractivity contribution in [3.05, 3.63) is 0 Å². The molecule has 1 saturated heterocycles. The molecule has 2 bridgehead atoms. The van der Waals surface area contributed by atoms with Crippen molar-refractivity contribution >= 4 is 0 Å². The van der Waals surface area contributed by atoms with Gasteiger partial charge < -0.3 is 24.4 Å². The molecule has 0 radical (unpaired) electrons. The Labute approximate surface area is 231 Å². The first-order valence-corrected chi connectivity index (χ1v) is 16.0. The van der Waals surface area contributed by atoms with E-state index in [1.54, 1.807) is 0 Å². The van der Waals surface area contributed by atoms with Crippen LogP contribution in [0, 0.1) is 63.6 Å². The van der Waals surface area contributed by atoms with Gasteiger partial charge in [-0.15, -0.1) is 0 Å². The van der Waals surface area contributed by atoms with E-state index in [-0.39, 0.29) is 41.0 Å². The average Bonchev–Trinajstić information content (AvgIpc) is 3.37. The second-order valence-electron chi connectivity index (χ2n) is 16.7. The zero-order chi connectivity index (χ0) is 27.6. The van der Waals surface area contributed by atoms with Crippen molar-refractivity contribution in [2.24, 2.45) is 63.6 Å². The van der Waals surface area contributed by atoms with Crippen LogP contribution in [0.4, 0.5) is 0 Å². The monoisotopic (exact) mass is 532 g/mol. The van der Waals surface area contributed by atoms with Gasteiger partial charge in [-0.2, -0.15) is 0 Å². The Morgan fingerprint density at radius 2 is 1.55 bits per heavy atom. The normalized spacial score (nSPS) is 50.0. The summed E-state index contributed by atoms with van der Waals surface area (Å²) < 4.78 is 19.8.